The molecule has 3 rings (SSSR count). The Morgan fingerprint density at radius 1 is 0.958 bits per heavy atom. The predicted octanol–water partition coefficient (Wildman–Crippen LogP) is 3.50. The highest BCUT2D eigenvalue weighted by atomic mass is 16.5. The smallest absolute Gasteiger partial charge is 0.217 e. The molecule has 1 heterocycles. The summed E-state index contributed by atoms with van der Waals surface area (Å²) >= 11 is 0. The largest absolute Gasteiger partial charge is 0.468 e. The second kappa shape index (κ2) is 7.68. The van der Waals surface area contributed by atoms with Crippen molar-refractivity contribution in [1.29, 1.82) is 0 Å². The Morgan fingerprint density at radius 3 is 2.21 bits per heavy atom. The molecule has 4 nitrogen and oxygen atoms in total. The standard InChI is InChI=1S/C20H22N2O2/c21-17(23)13-7-8-14-18-22-19(15-9-3-1-4-10-15)20(24-18)16-11-5-2-6-12-16/h1-6,9-12,18,22H,7-8,13-14H2,(H2,21,23). The fourth-order valence-corrected chi connectivity index (χ4v) is 2.84. The molecule has 1 atom stereocenters. The number of primary amides is 1. The lowest BCUT2D eigenvalue weighted by atomic mass is 10.1. The van der Waals surface area contributed by atoms with E-state index >= 15 is 0 Å². The second-order valence-corrected chi connectivity index (χ2v) is 5.90. The van der Waals surface area contributed by atoms with Gasteiger partial charge in [-0.25, -0.2) is 0 Å². The van der Waals surface area contributed by atoms with Crippen LogP contribution in [-0.4, -0.2) is 12.1 Å². The van der Waals surface area contributed by atoms with Gasteiger partial charge in [-0.05, 0) is 12.8 Å². The number of unbranched alkanes of at least 4 members (excludes halogenated alkanes) is 1. The summed E-state index contributed by atoms with van der Waals surface area (Å²) in [5.74, 6) is 0.630. The number of carbonyl (C=O) groups is 1. The van der Waals surface area contributed by atoms with Gasteiger partial charge >= 0.3 is 0 Å². The van der Waals surface area contributed by atoms with Crippen LogP contribution in [0.15, 0.2) is 60.7 Å². The summed E-state index contributed by atoms with van der Waals surface area (Å²) in [6.45, 7) is 0. The molecule has 0 spiro atoms. The third-order valence-electron chi connectivity index (χ3n) is 4.03. The molecule has 2 aromatic rings. The maximum Gasteiger partial charge on any atom is 0.217 e. The molecule has 1 unspecified atom stereocenters. The van der Waals surface area contributed by atoms with Gasteiger partial charge in [0.05, 0.1) is 5.70 Å². The fourth-order valence-electron chi connectivity index (χ4n) is 2.84. The molecule has 1 amide bonds. The van der Waals surface area contributed by atoms with Gasteiger partial charge in [-0.15, -0.1) is 0 Å². The van der Waals surface area contributed by atoms with Gasteiger partial charge in [0.15, 0.2) is 12.0 Å². The number of hydrogen-bond donors (Lipinski definition) is 2. The van der Waals surface area contributed by atoms with Crippen molar-refractivity contribution in [2.75, 3.05) is 0 Å². The minimum Gasteiger partial charge on any atom is -0.468 e. The van der Waals surface area contributed by atoms with E-state index in [0.717, 1.165) is 41.8 Å². The van der Waals surface area contributed by atoms with Gasteiger partial charge in [0, 0.05) is 24.0 Å². The fraction of sp³-hybridized carbons (Fsp3) is 0.250. The minimum absolute atomic E-state index is 0.0803. The first kappa shape index (κ1) is 16.1. The van der Waals surface area contributed by atoms with Gasteiger partial charge in [0.1, 0.15) is 0 Å². The highest BCUT2D eigenvalue weighted by Crippen LogP contribution is 2.33. The average Bonchev–Trinajstić information content (AvgIpc) is 3.04. The van der Waals surface area contributed by atoms with Crippen molar-refractivity contribution < 1.29 is 9.53 Å². The quantitative estimate of drug-likeness (QED) is 0.767. The summed E-state index contributed by atoms with van der Waals surface area (Å²) in [4.78, 5) is 10.8. The molecule has 2 aromatic carbocycles. The molecule has 0 saturated heterocycles. The van der Waals surface area contributed by atoms with Crippen molar-refractivity contribution in [3.63, 3.8) is 0 Å². The van der Waals surface area contributed by atoms with Crippen LogP contribution in [0.4, 0.5) is 0 Å². The molecule has 0 fully saturated rings. The zero-order chi connectivity index (χ0) is 16.8. The summed E-state index contributed by atoms with van der Waals surface area (Å²) in [5, 5.41) is 3.49. The minimum atomic E-state index is -0.247. The van der Waals surface area contributed by atoms with Crippen LogP contribution in [0, 0.1) is 0 Å². The highest BCUT2D eigenvalue weighted by Gasteiger charge is 2.26. The van der Waals surface area contributed by atoms with Crippen LogP contribution in [0.2, 0.25) is 0 Å². The van der Waals surface area contributed by atoms with Gasteiger partial charge in [-0.1, -0.05) is 60.7 Å². The zero-order valence-electron chi connectivity index (χ0n) is 13.6. The lowest BCUT2D eigenvalue weighted by molar-refractivity contribution is -0.118. The molecule has 124 valence electrons. The van der Waals surface area contributed by atoms with Crippen LogP contribution in [-0.2, 0) is 9.53 Å². The van der Waals surface area contributed by atoms with Crippen molar-refractivity contribution in [3.8, 4) is 0 Å². The van der Waals surface area contributed by atoms with Crippen molar-refractivity contribution in [2.45, 2.75) is 31.9 Å². The summed E-state index contributed by atoms with van der Waals surface area (Å²) in [7, 11) is 0. The molecule has 0 radical (unpaired) electrons. The zero-order valence-corrected chi connectivity index (χ0v) is 13.6. The Bertz CT molecular complexity index is 659. The molecule has 1 aliphatic rings. The molecule has 1 aliphatic heterocycles. The molecule has 4 heteroatoms. The lowest BCUT2D eigenvalue weighted by Gasteiger charge is -2.13. The van der Waals surface area contributed by atoms with Gasteiger partial charge in [0.2, 0.25) is 5.91 Å². The van der Waals surface area contributed by atoms with E-state index in [2.05, 4.69) is 29.6 Å². The van der Waals surface area contributed by atoms with E-state index in [0.29, 0.717) is 6.42 Å². The van der Waals surface area contributed by atoms with E-state index < -0.39 is 0 Å². The molecule has 3 N–H and O–H groups in total. The summed E-state index contributed by atoms with van der Waals surface area (Å²) in [6.07, 6.45) is 2.86. The van der Waals surface area contributed by atoms with Gasteiger partial charge in [0.25, 0.3) is 0 Å². The number of hydrogen-bond acceptors (Lipinski definition) is 3. The Hall–Kier alpha value is -2.75. The van der Waals surface area contributed by atoms with Gasteiger partial charge in [-0.3, -0.25) is 4.79 Å². The van der Waals surface area contributed by atoms with Crippen molar-refractivity contribution in [2.24, 2.45) is 5.73 Å². The normalized spacial score (nSPS) is 16.6. The SMILES string of the molecule is NC(=O)CCCCC1NC(c2ccccc2)=C(c2ccccc2)O1. The first-order chi connectivity index (χ1) is 11.7. The maximum atomic E-state index is 10.8. The Kier molecular flexibility index (Phi) is 5.16. The van der Waals surface area contributed by atoms with E-state index in [1.165, 1.54) is 0 Å². The van der Waals surface area contributed by atoms with E-state index in [1.807, 2.05) is 36.4 Å². The average molecular weight is 322 g/mol. The summed E-state index contributed by atoms with van der Waals surface area (Å²) in [6, 6.07) is 20.3. The van der Waals surface area contributed by atoms with Gasteiger partial charge in [-0.2, -0.15) is 0 Å². The topological polar surface area (TPSA) is 64.4 Å². The molecule has 0 bridgehead atoms. The van der Waals surface area contributed by atoms with Crippen LogP contribution in [0.5, 0.6) is 0 Å². The second-order valence-electron chi connectivity index (χ2n) is 5.90. The molecule has 0 saturated carbocycles. The molecule has 0 aromatic heterocycles. The molecular formula is C20H22N2O2. The monoisotopic (exact) mass is 322 g/mol. The molecule has 0 aliphatic carbocycles. The van der Waals surface area contributed by atoms with E-state index in [4.69, 9.17) is 10.5 Å². The number of ether oxygens (including phenoxy) is 1. The third kappa shape index (κ3) is 3.96. The number of rotatable bonds is 7. The first-order valence-corrected chi connectivity index (χ1v) is 8.30. The Morgan fingerprint density at radius 2 is 1.58 bits per heavy atom. The molecule has 24 heavy (non-hydrogen) atoms. The number of benzene rings is 2. The molecular weight excluding hydrogens is 300 g/mol. The van der Waals surface area contributed by atoms with Crippen molar-refractivity contribution in [3.05, 3.63) is 71.8 Å². The number of carbonyl (C=O) groups excluding carboxylic acids is 1. The number of amides is 1. The van der Waals surface area contributed by atoms with Crippen LogP contribution >= 0.6 is 0 Å². The van der Waals surface area contributed by atoms with Crippen molar-refractivity contribution in [1.82, 2.24) is 5.32 Å². The lowest BCUT2D eigenvalue weighted by Crippen LogP contribution is -2.23. The third-order valence-corrected chi connectivity index (χ3v) is 4.03. The van der Waals surface area contributed by atoms with E-state index in [1.54, 1.807) is 0 Å². The summed E-state index contributed by atoms with van der Waals surface area (Å²) in [5.41, 5.74) is 8.37. The maximum absolute atomic E-state index is 10.8. The van der Waals surface area contributed by atoms with Crippen LogP contribution in [0.3, 0.4) is 0 Å². The van der Waals surface area contributed by atoms with Crippen LogP contribution in [0.1, 0.15) is 36.8 Å². The number of nitrogens with one attached hydrogen (secondary N) is 1. The van der Waals surface area contributed by atoms with Crippen LogP contribution < -0.4 is 11.1 Å². The Labute approximate surface area is 142 Å². The highest BCUT2D eigenvalue weighted by molar-refractivity contribution is 5.88. The summed E-state index contributed by atoms with van der Waals surface area (Å²) < 4.78 is 6.17. The predicted molar refractivity (Wildman–Crippen MR) is 95.4 cm³/mol. The van der Waals surface area contributed by atoms with Crippen LogP contribution in [0.25, 0.3) is 11.5 Å². The number of nitrogens with two attached hydrogens (primary N) is 1. The van der Waals surface area contributed by atoms with E-state index in [-0.39, 0.29) is 12.1 Å². The Balaban J connectivity index is 1.75. The van der Waals surface area contributed by atoms with Crippen molar-refractivity contribution >= 4 is 17.4 Å². The van der Waals surface area contributed by atoms with Gasteiger partial charge < -0.3 is 15.8 Å². The first-order valence-electron chi connectivity index (χ1n) is 8.30. The van der Waals surface area contributed by atoms with E-state index in [9.17, 15) is 4.79 Å².